The minimum atomic E-state index is -0.255. The third kappa shape index (κ3) is 4.27. The highest BCUT2D eigenvalue weighted by Crippen LogP contribution is 2.32. The molecule has 7 heteroatoms. The molecular weight excluding hydrogens is 306 g/mol. The van der Waals surface area contributed by atoms with Crippen molar-refractivity contribution in [3.63, 3.8) is 0 Å². The molecule has 1 aromatic rings. The first kappa shape index (κ1) is 16.4. The smallest absolute Gasteiger partial charge is 0.241 e. The number of carbonyl (C=O) groups is 2. The van der Waals surface area contributed by atoms with Gasteiger partial charge in [0.15, 0.2) is 5.75 Å². The van der Waals surface area contributed by atoms with E-state index in [4.69, 9.17) is 16.3 Å². The van der Waals surface area contributed by atoms with Crippen LogP contribution in [-0.2, 0) is 9.59 Å². The summed E-state index contributed by atoms with van der Waals surface area (Å²) in [6, 6.07) is 5.25. The summed E-state index contributed by atoms with van der Waals surface area (Å²) in [5.74, 6) is 0.200. The minimum absolute atomic E-state index is 0.0349. The number of likely N-dealkylation sites (tertiary alicyclic amines) is 1. The van der Waals surface area contributed by atoms with Crippen molar-refractivity contribution in [1.82, 2.24) is 10.2 Å². The number of carbonyl (C=O) groups excluding carboxylic acids is 2. The van der Waals surface area contributed by atoms with Crippen molar-refractivity contribution in [2.75, 3.05) is 38.6 Å². The van der Waals surface area contributed by atoms with Gasteiger partial charge in [-0.15, -0.1) is 0 Å². The zero-order valence-corrected chi connectivity index (χ0v) is 13.3. The number of ether oxygens (including phenoxy) is 1. The van der Waals surface area contributed by atoms with E-state index in [2.05, 4.69) is 10.6 Å². The molecule has 1 aromatic carbocycles. The second-order valence-electron chi connectivity index (χ2n) is 5.04. The Hall–Kier alpha value is -1.95. The molecule has 6 nitrogen and oxygen atoms in total. The molecule has 2 N–H and O–H groups in total. The van der Waals surface area contributed by atoms with E-state index in [1.165, 1.54) is 7.11 Å². The molecule has 120 valence electrons. The summed E-state index contributed by atoms with van der Waals surface area (Å²) < 4.78 is 5.19. The van der Waals surface area contributed by atoms with Crippen molar-refractivity contribution in [1.29, 1.82) is 0 Å². The molecule has 22 heavy (non-hydrogen) atoms. The van der Waals surface area contributed by atoms with Gasteiger partial charge in [0.25, 0.3) is 0 Å². The van der Waals surface area contributed by atoms with Crippen molar-refractivity contribution in [2.45, 2.75) is 12.8 Å². The van der Waals surface area contributed by atoms with Crippen LogP contribution >= 0.6 is 11.6 Å². The summed E-state index contributed by atoms with van der Waals surface area (Å²) >= 11 is 6.00. The number of hydrogen-bond donors (Lipinski definition) is 2. The van der Waals surface area contributed by atoms with Crippen molar-refractivity contribution in [2.24, 2.45) is 0 Å². The van der Waals surface area contributed by atoms with E-state index in [0.29, 0.717) is 16.5 Å². The first-order valence-electron chi connectivity index (χ1n) is 7.22. The molecule has 2 rings (SSSR count). The van der Waals surface area contributed by atoms with Crippen molar-refractivity contribution >= 4 is 29.1 Å². The van der Waals surface area contributed by atoms with Crippen LogP contribution < -0.4 is 15.4 Å². The third-order valence-electron chi connectivity index (χ3n) is 3.51. The molecule has 0 aromatic heterocycles. The van der Waals surface area contributed by atoms with Gasteiger partial charge in [0.2, 0.25) is 11.8 Å². The molecule has 1 heterocycles. The van der Waals surface area contributed by atoms with Gasteiger partial charge in [-0.2, -0.15) is 0 Å². The summed E-state index contributed by atoms with van der Waals surface area (Å²) in [6.07, 6.45) is 2.08. The fourth-order valence-electron chi connectivity index (χ4n) is 2.35. The monoisotopic (exact) mass is 325 g/mol. The summed E-state index contributed by atoms with van der Waals surface area (Å²) in [6.45, 7) is 1.65. The highest BCUT2D eigenvalue weighted by atomic mass is 35.5. The van der Waals surface area contributed by atoms with Crippen LogP contribution in [0.1, 0.15) is 12.8 Å². The lowest BCUT2D eigenvalue weighted by atomic mass is 10.3. The summed E-state index contributed by atoms with van der Waals surface area (Å²) in [5.41, 5.74) is 0.635. The molecule has 0 atom stereocenters. The number of halogens is 1. The van der Waals surface area contributed by atoms with Gasteiger partial charge >= 0.3 is 0 Å². The average molecular weight is 326 g/mol. The van der Waals surface area contributed by atoms with Gasteiger partial charge in [0.05, 0.1) is 30.9 Å². The Morgan fingerprint density at radius 3 is 2.68 bits per heavy atom. The Kier molecular flexibility index (Phi) is 5.89. The summed E-state index contributed by atoms with van der Waals surface area (Å²) in [5, 5.41) is 6.04. The Balaban J connectivity index is 1.78. The molecule has 1 fully saturated rings. The molecule has 1 aliphatic rings. The number of para-hydroxylation sites is 1. The van der Waals surface area contributed by atoms with Crippen LogP contribution in [0, 0.1) is 0 Å². The van der Waals surface area contributed by atoms with Gasteiger partial charge in [-0.05, 0) is 25.0 Å². The van der Waals surface area contributed by atoms with Crippen LogP contribution in [0.3, 0.4) is 0 Å². The van der Waals surface area contributed by atoms with Crippen LogP contribution in [0.25, 0.3) is 0 Å². The van der Waals surface area contributed by atoms with E-state index in [1.807, 2.05) is 0 Å². The topological polar surface area (TPSA) is 70.7 Å². The number of benzene rings is 1. The van der Waals surface area contributed by atoms with Gasteiger partial charge in [-0.25, -0.2) is 0 Å². The predicted molar refractivity (Wildman–Crippen MR) is 85.3 cm³/mol. The standard InChI is InChI=1S/C15H20ClN3O3/c1-22-15-11(16)5-4-6-12(15)17-9-13(20)18-10-14(21)19-7-2-3-8-19/h4-6,17H,2-3,7-10H2,1H3,(H,18,20). The highest BCUT2D eigenvalue weighted by Gasteiger charge is 2.18. The van der Waals surface area contributed by atoms with E-state index in [0.717, 1.165) is 25.9 Å². The maximum absolute atomic E-state index is 11.8. The van der Waals surface area contributed by atoms with Crippen molar-refractivity contribution in [3.05, 3.63) is 23.2 Å². The minimum Gasteiger partial charge on any atom is -0.493 e. The summed E-state index contributed by atoms with van der Waals surface area (Å²) in [4.78, 5) is 25.4. The van der Waals surface area contributed by atoms with E-state index in [-0.39, 0.29) is 24.9 Å². The van der Waals surface area contributed by atoms with Crippen LogP contribution in [0.5, 0.6) is 5.75 Å². The molecule has 0 aliphatic carbocycles. The quantitative estimate of drug-likeness (QED) is 0.831. The fraction of sp³-hybridized carbons (Fsp3) is 0.467. The Labute approximate surface area is 134 Å². The molecule has 0 bridgehead atoms. The zero-order chi connectivity index (χ0) is 15.9. The van der Waals surface area contributed by atoms with Crippen LogP contribution in [0.2, 0.25) is 5.02 Å². The second kappa shape index (κ2) is 7.89. The average Bonchev–Trinajstić information content (AvgIpc) is 3.05. The van der Waals surface area contributed by atoms with E-state index >= 15 is 0 Å². The number of nitrogens with one attached hydrogen (secondary N) is 2. The highest BCUT2D eigenvalue weighted by molar-refractivity contribution is 6.32. The Morgan fingerprint density at radius 2 is 2.00 bits per heavy atom. The lowest BCUT2D eigenvalue weighted by molar-refractivity contribution is -0.131. The molecule has 1 aliphatic heterocycles. The van der Waals surface area contributed by atoms with Gasteiger partial charge in [-0.1, -0.05) is 17.7 Å². The van der Waals surface area contributed by atoms with Gasteiger partial charge in [0.1, 0.15) is 0 Å². The first-order valence-corrected chi connectivity index (χ1v) is 7.60. The molecule has 1 saturated heterocycles. The maximum atomic E-state index is 11.8. The van der Waals surface area contributed by atoms with Crippen molar-refractivity contribution < 1.29 is 14.3 Å². The van der Waals surface area contributed by atoms with Crippen LogP contribution in [0.4, 0.5) is 5.69 Å². The predicted octanol–water partition coefficient (Wildman–Crippen LogP) is 1.50. The molecular formula is C15H20ClN3O3. The molecule has 0 unspecified atom stereocenters. The normalized spacial score (nSPS) is 13.8. The lowest BCUT2D eigenvalue weighted by Gasteiger charge is -2.16. The third-order valence-corrected chi connectivity index (χ3v) is 3.80. The Morgan fingerprint density at radius 1 is 1.27 bits per heavy atom. The second-order valence-corrected chi connectivity index (χ2v) is 5.45. The lowest BCUT2D eigenvalue weighted by Crippen LogP contribution is -2.40. The maximum Gasteiger partial charge on any atom is 0.241 e. The number of anilines is 1. The molecule has 2 amide bonds. The zero-order valence-electron chi connectivity index (χ0n) is 12.5. The Bertz CT molecular complexity index is 545. The van der Waals surface area contributed by atoms with Gasteiger partial charge in [-0.3, -0.25) is 9.59 Å². The number of rotatable bonds is 6. The van der Waals surface area contributed by atoms with Crippen molar-refractivity contribution in [3.8, 4) is 5.75 Å². The SMILES string of the molecule is COc1c(Cl)cccc1NCC(=O)NCC(=O)N1CCCC1. The molecule has 0 radical (unpaired) electrons. The van der Waals surface area contributed by atoms with Gasteiger partial charge in [0, 0.05) is 13.1 Å². The van der Waals surface area contributed by atoms with Crippen LogP contribution in [0.15, 0.2) is 18.2 Å². The molecule has 0 spiro atoms. The number of hydrogen-bond acceptors (Lipinski definition) is 4. The number of methoxy groups -OCH3 is 1. The number of nitrogens with zero attached hydrogens (tertiary/aromatic N) is 1. The number of amides is 2. The summed E-state index contributed by atoms with van der Waals surface area (Å²) in [7, 11) is 1.52. The largest absolute Gasteiger partial charge is 0.493 e. The van der Waals surface area contributed by atoms with Gasteiger partial charge < -0.3 is 20.3 Å². The first-order chi connectivity index (χ1) is 10.6. The van der Waals surface area contributed by atoms with E-state index in [1.54, 1.807) is 23.1 Å². The van der Waals surface area contributed by atoms with E-state index < -0.39 is 0 Å². The van der Waals surface area contributed by atoms with E-state index in [9.17, 15) is 9.59 Å². The van der Waals surface area contributed by atoms with Crippen LogP contribution in [-0.4, -0.2) is 50.0 Å². The molecule has 0 saturated carbocycles. The fourth-order valence-corrected chi connectivity index (χ4v) is 2.60.